The second-order valence-corrected chi connectivity index (χ2v) is 9.14. The number of rotatable bonds is 6. The lowest BCUT2D eigenvalue weighted by molar-refractivity contribution is -0.155. The van der Waals surface area contributed by atoms with Gasteiger partial charge in [-0.2, -0.15) is 0 Å². The molecule has 3 amide bonds. The molecule has 34 heavy (non-hydrogen) atoms. The fourth-order valence-electron chi connectivity index (χ4n) is 5.25. The highest BCUT2D eigenvalue weighted by atomic mass is 16.5. The minimum atomic E-state index is -1.30. The smallest absolute Gasteiger partial charge is 0.328 e. The molecule has 2 aromatic rings. The summed E-state index contributed by atoms with van der Waals surface area (Å²) in [7, 11) is 1.31. The highest BCUT2D eigenvalue weighted by molar-refractivity contribution is 6.11. The topological polar surface area (TPSA) is 84.0 Å². The molecule has 2 heterocycles. The summed E-state index contributed by atoms with van der Waals surface area (Å²) in [5.74, 6) is -1.41. The molecule has 4 rings (SSSR count). The van der Waals surface area contributed by atoms with E-state index in [1.807, 2.05) is 61.5 Å². The molecule has 0 aromatic heterocycles. The molecule has 0 radical (unpaired) electrons. The van der Waals surface area contributed by atoms with Crippen LogP contribution in [0.15, 0.2) is 54.6 Å². The van der Waals surface area contributed by atoms with Gasteiger partial charge in [-0.15, -0.1) is 0 Å². The number of esters is 1. The Morgan fingerprint density at radius 2 is 1.74 bits per heavy atom. The first-order valence-corrected chi connectivity index (χ1v) is 11.7. The van der Waals surface area contributed by atoms with Gasteiger partial charge in [-0.3, -0.25) is 19.3 Å². The van der Waals surface area contributed by atoms with Crippen LogP contribution < -0.4 is 0 Å². The van der Waals surface area contributed by atoms with Crippen molar-refractivity contribution >= 4 is 23.7 Å². The Morgan fingerprint density at radius 1 is 1.03 bits per heavy atom. The van der Waals surface area contributed by atoms with Crippen LogP contribution >= 0.6 is 0 Å². The van der Waals surface area contributed by atoms with Crippen molar-refractivity contribution in [1.29, 1.82) is 0 Å². The summed E-state index contributed by atoms with van der Waals surface area (Å²) in [5.41, 5.74) is 1.08. The van der Waals surface area contributed by atoms with Gasteiger partial charge in [-0.05, 0) is 42.9 Å². The zero-order valence-corrected chi connectivity index (χ0v) is 19.7. The summed E-state index contributed by atoms with van der Waals surface area (Å²) in [6.07, 6.45) is 1.90. The van der Waals surface area contributed by atoms with Gasteiger partial charge in [0, 0.05) is 19.4 Å². The van der Waals surface area contributed by atoms with Crippen LogP contribution in [-0.2, 0) is 35.9 Å². The van der Waals surface area contributed by atoms with Crippen LogP contribution in [0.1, 0.15) is 48.8 Å². The van der Waals surface area contributed by atoms with E-state index in [0.29, 0.717) is 18.5 Å². The van der Waals surface area contributed by atoms with Gasteiger partial charge < -0.3 is 9.64 Å². The predicted molar refractivity (Wildman–Crippen MR) is 125 cm³/mol. The average Bonchev–Trinajstić information content (AvgIpc) is 3.09. The Labute approximate surface area is 199 Å². The van der Waals surface area contributed by atoms with Crippen molar-refractivity contribution in [2.75, 3.05) is 13.7 Å². The maximum atomic E-state index is 13.9. The predicted octanol–water partition coefficient (Wildman–Crippen LogP) is 3.14. The van der Waals surface area contributed by atoms with Crippen LogP contribution in [0.3, 0.4) is 0 Å². The molecule has 2 atom stereocenters. The largest absolute Gasteiger partial charge is 0.467 e. The number of imide groups is 1. The van der Waals surface area contributed by atoms with Crippen molar-refractivity contribution in [2.24, 2.45) is 0 Å². The average molecular weight is 463 g/mol. The molecule has 2 aliphatic heterocycles. The van der Waals surface area contributed by atoms with Crippen LogP contribution in [0.4, 0.5) is 0 Å². The molecule has 0 N–H and O–H groups in total. The van der Waals surface area contributed by atoms with Gasteiger partial charge in [-0.1, -0.05) is 54.6 Å². The molecule has 2 fully saturated rings. The molecule has 0 spiro atoms. The molecular formula is C27H30N2O5. The zero-order valence-electron chi connectivity index (χ0n) is 19.7. The Morgan fingerprint density at radius 3 is 2.44 bits per heavy atom. The van der Waals surface area contributed by atoms with E-state index in [2.05, 4.69) is 0 Å². The van der Waals surface area contributed by atoms with Crippen molar-refractivity contribution in [3.05, 3.63) is 71.3 Å². The first kappa shape index (κ1) is 23.7. The highest BCUT2D eigenvalue weighted by Crippen LogP contribution is 2.42. The van der Waals surface area contributed by atoms with Crippen molar-refractivity contribution < 1.29 is 23.9 Å². The van der Waals surface area contributed by atoms with E-state index in [-0.39, 0.29) is 37.1 Å². The van der Waals surface area contributed by atoms with Gasteiger partial charge in [0.05, 0.1) is 19.1 Å². The number of nitrogens with zero attached hydrogens (tertiary/aromatic N) is 2. The van der Waals surface area contributed by atoms with E-state index in [0.717, 1.165) is 24.0 Å². The van der Waals surface area contributed by atoms with Crippen LogP contribution in [0.25, 0.3) is 0 Å². The molecule has 2 aliphatic rings. The van der Waals surface area contributed by atoms with Gasteiger partial charge in [-0.25, -0.2) is 4.79 Å². The van der Waals surface area contributed by atoms with E-state index in [9.17, 15) is 19.2 Å². The number of hydrogen-bond donors (Lipinski definition) is 0. The second-order valence-electron chi connectivity index (χ2n) is 9.14. The van der Waals surface area contributed by atoms with Crippen molar-refractivity contribution in [2.45, 2.75) is 57.0 Å². The van der Waals surface area contributed by atoms with Crippen molar-refractivity contribution in [3.8, 4) is 0 Å². The van der Waals surface area contributed by atoms with E-state index in [1.165, 1.54) is 16.9 Å². The highest BCUT2D eigenvalue weighted by Gasteiger charge is 2.55. The number of likely N-dealkylation sites (tertiary alicyclic amines) is 2. The van der Waals surface area contributed by atoms with E-state index < -0.39 is 17.4 Å². The summed E-state index contributed by atoms with van der Waals surface area (Å²) in [4.78, 5) is 55.9. The third-order valence-electron chi connectivity index (χ3n) is 7.00. The number of hydrogen-bond acceptors (Lipinski definition) is 5. The maximum absolute atomic E-state index is 13.9. The van der Waals surface area contributed by atoms with E-state index >= 15 is 0 Å². The number of benzene rings is 2. The van der Waals surface area contributed by atoms with Gasteiger partial charge in [0.2, 0.25) is 17.7 Å². The van der Waals surface area contributed by atoms with Crippen molar-refractivity contribution in [1.82, 2.24) is 9.80 Å². The third-order valence-corrected chi connectivity index (χ3v) is 7.00. The third kappa shape index (κ3) is 4.34. The molecule has 0 saturated carbocycles. The van der Waals surface area contributed by atoms with Crippen LogP contribution in [0, 0.1) is 6.92 Å². The summed E-state index contributed by atoms with van der Waals surface area (Å²) >= 11 is 0. The lowest BCUT2D eigenvalue weighted by Gasteiger charge is -2.36. The lowest BCUT2D eigenvalue weighted by atomic mass is 9.73. The number of piperidine rings is 1. The number of carbonyl (C=O) groups excluding carboxylic acids is 4. The van der Waals surface area contributed by atoms with Gasteiger partial charge in [0.15, 0.2) is 0 Å². The van der Waals surface area contributed by atoms with Crippen LogP contribution in [0.2, 0.25) is 0 Å². The number of amides is 3. The first-order valence-electron chi connectivity index (χ1n) is 11.7. The quantitative estimate of drug-likeness (QED) is 0.487. The summed E-state index contributed by atoms with van der Waals surface area (Å²) in [5, 5.41) is 0. The van der Waals surface area contributed by atoms with Crippen LogP contribution in [0.5, 0.6) is 0 Å². The van der Waals surface area contributed by atoms with Gasteiger partial charge >= 0.3 is 5.97 Å². The summed E-state index contributed by atoms with van der Waals surface area (Å²) in [6, 6.07) is 16.1. The molecule has 7 nitrogen and oxygen atoms in total. The number of aryl methyl sites for hydroxylation is 1. The first-order chi connectivity index (χ1) is 16.4. The monoisotopic (exact) mass is 462 g/mol. The maximum Gasteiger partial charge on any atom is 0.328 e. The normalized spacial score (nSPS) is 22.7. The van der Waals surface area contributed by atoms with Gasteiger partial charge in [0.1, 0.15) is 6.04 Å². The summed E-state index contributed by atoms with van der Waals surface area (Å²) < 4.78 is 4.93. The second kappa shape index (κ2) is 9.79. The minimum Gasteiger partial charge on any atom is -0.467 e. The zero-order chi connectivity index (χ0) is 24.3. The SMILES string of the molecule is COC(=O)[C@@H]1CCCCN1C(=O)C[C@]1(c2ccccc2C)CC(=O)N(Cc2ccccc2)C1=O. The molecular weight excluding hydrogens is 432 g/mol. The molecule has 7 heteroatoms. The number of carbonyl (C=O) groups is 4. The Bertz CT molecular complexity index is 1100. The van der Waals surface area contributed by atoms with Gasteiger partial charge in [0.25, 0.3) is 0 Å². The standard InChI is InChI=1S/C27H30N2O5/c1-19-10-6-7-13-21(19)27(16-23(30)28-15-9-8-14-22(28)25(32)34-2)17-24(31)29(26(27)33)18-20-11-4-3-5-12-20/h3-7,10-13,22H,8-9,14-18H2,1-2H3/t22-,27+/m0/s1. The Hall–Kier alpha value is -3.48. The Balaban J connectivity index is 1.70. The van der Waals surface area contributed by atoms with Crippen molar-refractivity contribution in [3.63, 3.8) is 0 Å². The van der Waals surface area contributed by atoms with E-state index in [4.69, 9.17) is 4.74 Å². The van der Waals surface area contributed by atoms with E-state index in [1.54, 1.807) is 0 Å². The molecule has 178 valence electrons. The molecule has 0 unspecified atom stereocenters. The molecule has 2 saturated heterocycles. The fourth-order valence-corrected chi connectivity index (χ4v) is 5.25. The lowest BCUT2D eigenvalue weighted by Crippen LogP contribution is -2.51. The molecule has 0 bridgehead atoms. The molecule has 0 aliphatic carbocycles. The summed E-state index contributed by atoms with van der Waals surface area (Å²) in [6.45, 7) is 2.48. The fraction of sp³-hybridized carbons (Fsp3) is 0.407. The minimum absolute atomic E-state index is 0.0774. The Kier molecular flexibility index (Phi) is 6.82. The van der Waals surface area contributed by atoms with Crippen LogP contribution in [-0.4, -0.2) is 53.2 Å². The number of ether oxygens (including phenoxy) is 1. The molecule has 2 aromatic carbocycles. The number of methoxy groups -OCH3 is 1.